The molecule has 0 aromatic carbocycles. The van der Waals surface area contributed by atoms with E-state index in [1.807, 2.05) is 0 Å². The summed E-state index contributed by atoms with van der Waals surface area (Å²) in [5.41, 5.74) is 0. The second-order valence-electron chi connectivity index (χ2n) is 2.88. The summed E-state index contributed by atoms with van der Waals surface area (Å²) < 4.78 is 10.6. The van der Waals surface area contributed by atoms with Gasteiger partial charge >= 0.3 is 0 Å². The predicted molar refractivity (Wildman–Crippen MR) is 34.7 cm³/mol. The van der Waals surface area contributed by atoms with Gasteiger partial charge in [0, 0.05) is 6.61 Å². The van der Waals surface area contributed by atoms with E-state index in [-0.39, 0.29) is 12.7 Å². The number of epoxide rings is 1. The second kappa shape index (κ2) is 2.49. The fourth-order valence-corrected chi connectivity index (χ4v) is 1.47. The first-order valence-electron chi connectivity index (χ1n) is 3.80. The van der Waals surface area contributed by atoms with Gasteiger partial charge in [-0.05, 0) is 12.8 Å². The number of hydrogen-bond donors (Lipinski definition) is 1. The molecule has 3 heteroatoms. The summed E-state index contributed by atoms with van der Waals surface area (Å²) in [5, 5.41) is 8.53. The molecule has 3 nitrogen and oxygen atoms in total. The van der Waals surface area contributed by atoms with Crippen LogP contribution in [-0.4, -0.2) is 36.6 Å². The van der Waals surface area contributed by atoms with E-state index >= 15 is 0 Å². The summed E-state index contributed by atoms with van der Waals surface area (Å²) in [4.78, 5) is 0. The van der Waals surface area contributed by atoms with E-state index < -0.39 is 0 Å². The average Bonchev–Trinajstić information content (AvgIpc) is 2.63. The maximum atomic E-state index is 8.53. The van der Waals surface area contributed by atoms with Crippen molar-refractivity contribution in [3.8, 4) is 0 Å². The molecule has 0 spiro atoms. The Bertz CT molecular complexity index is 126. The van der Waals surface area contributed by atoms with Gasteiger partial charge < -0.3 is 14.6 Å². The highest BCUT2D eigenvalue weighted by molar-refractivity contribution is 4.96. The summed E-state index contributed by atoms with van der Waals surface area (Å²) in [5.74, 6) is 0. The molecular weight excluding hydrogens is 132 g/mol. The van der Waals surface area contributed by atoms with Crippen molar-refractivity contribution in [2.24, 2.45) is 0 Å². The van der Waals surface area contributed by atoms with Crippen LogP contribution in [0, 0.1) is 0 Å². The molecule has 0 aromatic rings. The maximum Gasteiger partial charge on any atom is 0.113 e. The summed E-state index contributed by atoms with van der Waals surface area (Å²) in [7, 11) is 0. The molecule has 3 atom stereocenters. The molecule has 2 aliphatic heterocycles. The highest BCUT2D eigenvalue weighted by Crippen LogP contribution is 2.35. The van der Waals surface area contributed by atoms with Crippen LogP contribution in [0.2, 0.25) is 0 Å². The van der Waals surface area contributed by atoms with Crippen molar-refractivity contribution in [3.05, 3.63) is 0 Å². The Morgan fingerprint density at radius 1 is 1.50 bits per heavy atom. The van der Waals surface area contributed by atoms with Crippen molar-refractivity contribution in [2.45, 2.75) is 31.2 Å². The van der Waals surface area contributed by atoms with Crippen LogP contribution < -0.4 is 0 Å². The van der Waals surface area contributed by atoms with Gasteiger partial charge in [-0.2, -0.15) is 0 Å². The van der Waals surface area contributed by atoms with E-state index in [2.05, 4.69) is 0 Å². The van der Waals surface area contributed by atoms with Crippen LogP contribution >= 0.6 is 0 Å². The average molecular weight is 144 g/mol. The van der Waals surface area contributed by atoms with Gasteiger partial charge in [-0.25, -0.2) is 0 Å². The van der Waals surface area contributed by atoms with Crippen LogP contribution in [0.1, 0.15) is 12.8 Å². The summed E-state index contributed by atoms with van der Waals surface area (Å²) >= 11 is 0. The van der Waals surface area contributed by atoms with Crippen LogP contribution in [-0.2, 0) is 9.47 Å². The third-order valence-corrected chi connectivity index (χ3v) is 2.11. The minimum Gasteiger partial charge on any atom is -0.396 e. The molecule has 0 bridgehead atoms. The number of ether oxygens (including phenoxy) is 2. The molecule has 0 aromatic heterocycles. The monoisotopic (exact) mass is 144 g/mol. The lowest BCUT2D eigenvalue weighted by Crippen LogP contribution is -2.14. The van der Waals surface area contributed by atoms with Gasteiger partial charge in [-0.3, -0.25) is 0 Å². The van der Waals surface area contributed by atoms with Crippen molar-refractivity contribution in [2.75, 3.05) is 13.2 Å². The molecule has 2 rings (SSSR count). The Balaban J connectivity index is 1.72. The zero-order valence-electron chi connectivity index (χ0n) is 5.82. The minimum atomic E-state index is 0.261. The molecule has 0 aliphatic carbocycles. The minimum absolute atomic E-state index is 0.261. The summed E-state index contributed by atoms with van der Waals surface area (Å²) in [6.45, 7) is 1.03. The van der Waals surface area contributed by atoms with Crippen LogP contribution in [0.15, 0.2) is 0 Å². The molecule has 1 N–H and O–H groups in total. The summed E-state index contributed by atoms with van der Waals surface area (Å²) in [6, 6.07) is 0. The van der Waals surface area contributed by atoms with E-state index in [0.717, 1.165) is 19.4 Å². The van der Waals surface area contributed by atoms with Gasteiger partial charge in [0.1, 0.15) is 12.2 Å². The van der Waals surface area contributed by atoms with Gasteiger partial charge in [-0.15, -0.1) is 0 Å². The SMILES string of the molecule is OCCC[C@@H]1OC[C@H]2O[C@@H]12. The lowest BCUT2D eigenvalue weighted by atomic mass is 10.1. The number of hydrogen-bond acceptors (Lipinski definition) is 3. The molecular formula is C7H12O3. The molecule has 0 saturated carbocycles. The van der Waals surface area contributed by atoms with E-state index in [1.54, 1.807) is 0 Å². The zero-order valence-corrected chi connectivity index (χ0v) is 5.82. The largest absolute Gasteiger partial charge is 0.396 e. The molecule has 10 heavy (non-hydrogen) atoms. The van der Waals surface area contributed by atoms with Crippen LogP contribution in [0.3, 0.4) is 0 Å². The molecule has 2 saturated heterocycles. The van der Waals surface area contributed by atoms with Crippen LogP contribution in [0.25, 0.3) is 0 Å². The van der Waals surface area contributed by atoms with Gasteiger partial charge in [0.05, 0.1) is 12.7 Å². The molecule has 0 radical (unpaired) electrons. The van der Waals surface area contributed by atoms with E-state index in [0.29, 0.717) is 12.2 Å². The van der Waals surface area contributed by atoms with Crippen molar-refractivity contribution in [1.82, 2.24) is 0 Å². The number of rotatable bonds is 3. The topological polar surface area (TPSA) is 42.0 Å². The van der Waals surface area contributed by atoms with Gasteiger partial charge in [-0.1, -0.05) is 0 Å². The van der Waals surface area contributed by atoms with Gasteiger partial charge in [0.2, 0.25) is 0 Å². The van der Waals surface area contributed by atoms with E-state index in [4.69, 9.17) is 14.6 Å². The van der Waals surface area contributed by atoms with Crippen LogP contribution in [0.5, 0.6) is 0 Å². The third-order valence-electron chi connectivity index (χ3n) is 2.11. The standard InChI is InChI=1S/C7H12O3/c8-3-1-2-5-7-6(10-7)4-9-5/h5-8H,1-4H2/t5-,6+,7-/m0/s1. The third kappa shape index (κ3) is 1.05. The van der Waals surface area contributed by atoms with Gasteiger partial charge in [0.15, 0.2) is 0 Å². The number of aliphatic hydroxyl groups is 1. The fraction of sp³-hybridized carbons (Fsp3) is 1.00. The fourth-order valence-electron chi connectivity index (χ4n) is 1.47. The first-order valence-corrected chi connectivity index (χ1v) is 3.80. The smallest absolute Gasteiger partial charge is 0.113 e. The van der Waals surface area contributed by atoms with Crippen molar-refractivity contribution >= 4 is 0 Å². The second-order valence-corrected chi connectivity index (χ2v) is 2.88. The zero-order chi connectivity index (χ0) is 6.97. The molecule has 2 heterocycles. The lowest BCUT2D eigenvalue weighted by Gasteiger charge is -2.08. The molecule has 2 aliphatic rings. The first-order chi connectivity index (χ1) is 4.92. The quantitative estimate of drug-likeness (QED) is 0.563. The Morgan fingerprint density at radius 2 is 2.40 bits per heavy atom. The Kier molecular flexibility index (Phi) is 1.64. The first kappa shape index (κ1) is 6.58. The van der Waals surface area contributed by atoms with Crippen molar-refractivity contribution in [1.29, 1.82) is 0 Å². The highest BCUT2D eigenvalue weighted by Gasteiger charge is 2.50. The predicted octanol–water partition coefficient (Wildman–Crippen LogP) is -0.0749. The van der Waals surface area contributed by atoms with E-state index in [1.165, 1.54) is 0 Å². The lowest BCUT2D eigenvalue weighted by molar-refractivity contribution is 0.0209. The van der Waals surface area contributed by atoms with Crippen LogP contribution in [0.4, 0.5) is 0 Å². The molecule has 58 valence electrons. The Labute approximate surface area is 59.9 Å². The Hall–Kier alpha value is -0.120. The molecule has 0 amide bonds. The normalized spacial score (nSPS) is 43.5. The molecule has 0 unspecified atom stereocenters. The number of aliphatic hydroxyl groups excluding tert-OH is 1. The van der Waals surface area contributed by atoms with Gasteiger partial charge in [0.25, 0.3) is 0 Å². The summed E-state index contributed by atoms with van der Waals surface area (Å²) in [6.07, 6.45) is 2.81. The maximum absolute atomic E-state index is 8.53. The highest BCUT2D eigenvalue weighted by atomic mass is 16.7. The Morgan fingerprint density at radius 3 is 2.90 bits per heavy atom. The van der Waals surface area contributed by atoms with Crippen molar-refractivity contribution < 1.29 is 14.6 Å². The number of fused-ring (bicyclic) bond motifs is 1. The van der Waals surface area contributed by atoms with E-state index in [9.17, 15) is 0 Å². The molecule has 2 fully saturated rings. The van der Waals surface area contributed by atoms with Crippen molar-refractivity contribution in [3.63, 3.8) is 0 Å².